The molecule has 0 aromatic carbocycles. The lowest BCUT2D eigenvalue weighted by atomic mass is 9.89. The molecule has 6 heteroatoms. The van der Waals surface area contributed by atoms with Crippen molar-refractivity contribution >= 4 is 27.3 Å². The van der Waals surface area contributed by atoms with Crippen LogP contribution >= 0.6 is 11.3 Å². The number of ketones is 1. The number of nitrogens with zero attached hydrogens (tertiary/aromatic N) is 2. The molecular weight excluding hydrogens is 334 g/mol. The number of nitrogens with one attached hydrogen (secondary N) is 1. The Morgan fingerprint density at radius 3 is 3.12 bits per heavy atom. The van der Waals surface area contributed by atoms with Crippen molar-refractivity contribution < 1.29 is 9.36 Å². The number of aromatic amines is 1. The number of thiophene rings is 1. The van der Waals surface area contributed by atoms with E-state index in [1.54, 1.807) is 30.5 Å². The van der Waals surface area contributed by atoms with Crippen LogP contribution in [0.5, 0.6) is 0 Å². The van der Waals surface area contributed by atoms with Crippen molar-refractivity contribution in [2.75, 3.05) is 0 Å². The average Bonchev–Trinajstić information content (AvgIpc) is 2.92. The van der Waals surface area contributed by atoms with Crippen LogP contribution in [-0.2, 0) is 19.4 Å². The summed E-state index contributed by atoms with van der Waals surface area (Å²) in [6.07, 6.45) is 6.80. The first-order valence-electron chi connectivity index (χ1n) is 8.54. The van der Waals surface area contributed by atoms with E-state index in [1.165, 1.54) is 10.4 Å². The molecule has 0 aliphatic heterocycles. The van der Waals surface area contributed by atoms with E-state index < -0.39 is 0 Å². The molecular formula is C19H20N3O2S+. The van der Waals surface area contributed by atoms with Gasteiger partial charge in [-0.3, -0.25) is 9.59 Å². The average molecular weight is 354 g/mol. The third-order valence-corrected chi connectivity index (χ3v) is 5.96. The Labute approximate surface area is 149 Å². The van der Waals surface area contributed by atoms with Gasteiger partial charge in [0.05, 0.1) is 10.9 Å². The van der Waals surface area contributed by atoms with E-state index in [4.69, 9.17) is 4.98 Å². The highest BCUT2D eigenvalue weighted by molar-refractivity contribution is 7.18. The Balaban J connectivity index is 1.73. The molecule has 0 amide bonds. The van der Waals surface area contributed by atoms with Gasteiger partial charge < -0.3 is 4.98 Å². The second-order valence-corrected chi connectivity index (χ2v) is 7.95. The SMILES string of the molecule is CC(=O)c1ccc[n+](Cc2nc3sc4c(c3c(=O)[nH]2)CC[C@H](C)C4)c1. The summed E-state index contributed by atoms with van der Waals surface area (Å²) in [6.45, 7) is 4.24. The molecule has 3 aromatic rings. The summed E-state index contributed by atoms with van der Waals surface area (Å²) in [5.74, 6) is 1.31. The van der Waals surface area contributed by atoms with Gasteiger partial charge in [0, 0.05) is 10.9 Å². The molecule has 0 saturated heterocycles. The van der Waals surface area contributed by atoms with Gasteiger partial charge in [0.1, 0.15) is 4.83 Å². The van der Waals surface area contributed by atoms with Crippen LogP contribution in [0.1, 0.15) is 46.9 Å². The molecule has 1 N–H and O–H groups in total. The van der Waals surface area contributed by atoms with Gasteiger partial charge in [-0.1, -0.05) is 6.92 Å². The third kappa shape index (κ3) is 3.02. The van der Waals surface area contributed by atoms with Crippen LogP contribution in [0.15, 0.2) is 29.3 Å². The molecule has 128 valence electrons. The fourth-order valence-corrected chi connectivity index (χ4v) is 4.87. The number of carbonyl (C=O) groups excluding carboxylic acids is 1. The van der Waals surface area contributed by atoms with Crippen LogP contribution in [0.4, 0.5) is 0 Å². The van der Waals surface area contributed by atoms with E-state index in [0.29, 0.717) is 23.9 Å². The van der Waals surface area contributed by atoms with Gasteiger partial charge in [-0.2, -0.15) is 4.57 Å². The minimum absolute atomic E-state index is 0.0197. The van der Waals surface area contributed by atoms with Crippen LogP contribution in [-0.4, -0.2) is 15.8 Å². The highest BCUT2D eigenvalue weighted by Gasteiger charge is 2.23. The van der Waals surface area contributed by atoms with E-state index in [9.17, 15) is 9.59 Å². The number of aromatic nitrogens is 3. The maximum absolute atomic E-state index is 12.6. The predicted octanol–water partition coefficient (Wildman–Crippen LogP) is 2.65. The first-order valence-corrected chi connectivity index (χ1v) is 9.36. The molecule has 0 unspecified atom stereocenters. The number of hydrogen-bond acceptors (Lipinski definition) is 4. The Bertz CT molecular complexity index is 1030. The summed E-state index contributed by atoms with van der Waals surface area (Å²) < 4.78 is 1.87. The highest BCUT2D eigenvalue weighted by Crippen LogP contribution is 2.35. The fourth-order valence-electron chi connectivity index (χ4n) is 3.47. The van der Waals surface area contributed by atoms with E-state index in [-0.39, 0.29) is 11.3 Å². The quantitative estimate of drug-likeness (QED) is 0.581. The highest BCUT2D eigenvalue weighted by atomic mass is 32.1. The third-order valence-electron chi connectivity index (χ3n) is 4.81. The van der Waals surface area contributed by atoms with Crippen molar-refractivity contribution in [1.82, 2.24) is 9.97 Å². The molecule has 0 bridgehead atoms. The largest absolute Gasteiger partial charge is 0.305 e. The molecule has 1 aliphatic rings. The number of pyridine rings is 1. The Kier molecular flexibility index (Phi) is 4.00. The Hall–Kier alpha value is -2.34. The second-order valence-electron chi connectivity index (χ2n) is 6.87. The first kappa shape index (κ1) is 16.1. The van der Waals surface area contributed by atoms with Crippen molar-refractivity contribution in [3.8, 4) is 0 Å². The minimum atomic E-state index is -0.0459. The number of Topliss-reactive ketones (excluding diaryl/α,β-unsaturated/α-hetero) is 1. The molecule has 5 nitrogen and oxygen atoms in total. The minimum Gasteiger partial charge on any atom is -0.305 e. The molecule has 0 fully saturated rings. The number of carbonyl (C=O) groups is 1. The molecule has 4 rings (SSSR count). The topological polar surface area (TPSA) is 66.7 Å². The van der Waals surface area contributed by atoms with Crippen LogP contribution in [0.25, 0.3) is 10.2 Å². The van der Waals surface area contributed by atoms with Crippen molar-refractivity contribution in [1.29, 1.82) is 0 Å². The molecule has 0 radical (unpaired) electrons. The van der Waals surface area contributed by atoms with Crippen LogP contribution in [0.3, 0.4) is 0 Å². The number of H-pyrrole nitrogens is 1. The van der Waals surface area contributed by atoms with Gasteiger partial charge in [-0.05, 0) is 43.7 Å². The maximum Gasteiger partial charge on any atom is 0.260 e. The van der Waals surface area contributed by atoms with Crippen molar-refractivity contribution in [3.05, 3.63) is 56.7 Å². The van der Waals surface area contributed by atoms with Crippen molar-refractivity contribution in [3.63, 3.8) is 0 Å². The maximum atomic E-state index is 12.6. The zero-order valence-corrected chi connectivity index (χ0v) is 15.2. The lowest BCUT2D eigenvalue weighted by molar-refractivity contribution is -0.689. The van der Waals surface area contributed by atoms with E-state index in [1.807, 2.05) is 16.8 Å². The lowest BCUT2D eigenvalue weighted by Crippen LogP contribution is -2.36. The monoisotopic (exact) mass is 354 g/mol. The molecule has 0 spiro atoms. The van der Waals surface area contributed by atoms with E-state index in [0.717, 1.165) is 29.5 Å². The molecule has 1 aliphatic carbocycles. The second kappa shape index (κ2) is 6.19. The lowest BCUT2D eigenvalue weighted by Gasteiger charge is -2.17. The molecule has 3 aromatic heterocycles. The van der Waals surface area contributed by atoms with Crippen molar-refractivity contribution in [2.45, 2.75) is 39.7 Å². The van der Waals surface area contributed by atoms with Gasteiger partial charge in [-0.25, -0.2) is 4.98 Å². The summed E-state index contributed by atoms with van der Waals surface area (Å²) >= 11 is 1.66. The van der Waals surface area contributed by atoms with Gasteiger partial charge in [0.2, 0.25) is 6.54 Å². The summed E-state index contributed by atoms with van der Waals surface area (Å²) in [5, 5.41) is 0.776. The molecule has 25 heavy (non-hydrogen) atoms. The molecule has 3 heterocycles. The summed E-state index contributed by atoms with van der Waals surface area (Å²) in [5.41, 5.74) is 1.80. The zero-order chi connectivity index (χ0) is 17.6. The van der Waals surface area contributed by atoms with Crippen LogP contribution in [0, 0.1) is 5.92 Å². The normalized spacial score (nSPS) is 16.8. The zero-order valence-electron chi connectivity index (χ0n) is 14.3. The smallest absolute Gasteiger partial charge is 0.260 e. The first-order chi connectivity index (χ1) is 12.0. The number of fused-ring (bicyclic) bond motifs is 3. The number of hydrogen-bond donors (Lipinski definition) is 1. The predicted molar refractivity (Wildman–Crippen MR) is 97.2 cm³/mol. The number of aryl methyl sites for hydroxylation is 1. The van der Waals surface area contributed by atoms with Gasteiger partial charge >= 0.3 is 0 Å². The van der Waals surface area contributed by atoms with Crippen LogP contribution in [0.2, 0.25) is 0 Å². The fraction of sp³-hybridized carbons (Fsp3) is 0.368. The van der Waals surface area contributed by atoms with Gasteiger partial charge in [-0.15, -0.1) is 11.3 Å². The standard InChI is InChI=1S/C19H19N3O2S/c1-11-5-6-14-15(8-11)25-19-17(14)18(24)20-16(21-19)10-22-7-3-4-13(9-22)12(2)23/h3-4,7,9,11H,5-6,8,10H2,1-2H3/p+1/t11-/m0/s1. The summed E-state index contributed by atoms with van der Waals surface area (Å²) in [7, 11) is 0. The molecule has 1 atom stereocenters. The van der Waals surface area contributed by atoms with E-state index >= 15 is 0 Å². The van der Waals surface area contributed by atoms with Crippen LogP contribution < -0.4 is 10.1 Å². The molecule has 0 saturated carbocycles. The van der Waals surface area contributed by atoms with Gasteiger partial charge in [0.15, 0.2) is 24.0 Å². The van der Waals surface area contributed by atoms with Crippen molar-refractivity contribution in [2.24, 2.45) is 5.92 Å². The Morgan fingerprint density at radius 2 is 2.32 bits per heavy atom. The van der Waals surface area contributed by atoms with Gasteiger partial charge in [0.25, 0.3) is 5.56 Å². The summed E-state index contributed by atoms with van der Waals surface area (Å²) in [6, 6.07) is 3.62. The number of rotatable bonds is 3. The van der Waals surface area contributed by atoms with E-state index in [2.05, 4.69) is 11.9 Å². The Morgan fingerprint density at radius 1 is 1.48 bits per heavy atom. The summed E-state index contributed by atoms with van der Waals surface area (Å²) in [4.78, 5) is 33.9.